The molecule has 0 N–H and O–H groups in total. The van der Waals surface area contributed by atoms with E-state index in [0.29, 0.717) is 6.04 Å². The van der Waals surface area contributed by atoms with Gasteiger partial charge in [-0.3, -0.25) is 4.90 Å². The Balaban J connectivity index is 1.65. The minimum absolute atomic E-state index is 0.655. The molecule has 0 aliphatic carbocycles. The molecule has 0 unspecified atom stereocenters. The number of hydrogen-bond acceptors (Lipinski definition) is 2. The Labute approximate surface area is 128 Å². The van der Waals surface area contributed by atoms with E-state index in [9.17, 15) is 0 Å². The summed E-state index contributed by atoms with van der Waals surface area (Å²) in [6.07, 6.45) is 0. The topological polar surface area (TPSA) is 6.48 Å². The predicted molar refractivity (Wildman–Crippen MR) is 89.2 cm³/mol. The average Bonchev–Trinajstić information content (AvgIpc) is 2.53. The van der Waals surface area contributed by atoms with Crippen molar-refractivity contribution >= 4 is 0 Å². The third-order valence-corrected chi connectivity index (χ3v) is 4.51. The van der Waals surface area contributed by atoms with Crippen molar-refractivity contribution in [3.8, 4) is 11.1 Å². The van der Waals surface area contributed by atoms with Gasteiger partial charge in [0.2, 0.25) is 0 Å². The second-order valence-electron chi connectivity index (χ2n) is 6.13. The molecular formula is C19H24N2. The molecule has 2 heteroatoms. The van der Waals surface area contributed by atoms with Gasteiger partial charge in [-0.2, -0.15) is 0 Å². The summed E-state index contributed by atoms with van der Waals surface area (Å²) >= 11 is 0. The molecule has 0 aromatic heterocycles. The van der Waals surface area contributed by atoms with Crippen molar-refractivity contribution in [3.63, 3.8) is 0 Å². The van der Waals surface area contributed by atoms with Crippen molar-refractivity contribution in [2.75, 3.05) is 26.7 Å². The largest absolute Gasteiger partial charge is 0.301 e. The van der Waals surface area contributed by atoms with E-state index in [4.69, 9.17) is 0 Å². The minimum atomic E-state index is 0.655. The first-order valence-corrected chi connectivity index (χ1v) is 7.79. The Morgan fingerprint density at radius 1 is 0.905 bits per heavy atom. The Morgan fingerprint density at radius 3 is 2.24 bits per heavy atom. The average molecular weight is 280 g/mol. The van der Waals surface area contributed by atoms with Gasteiger partial charge in [0.25, 0.3) is 0 Å². The molecule has 0 saturated carbocycles. The molecule has 1 fully saturated rings. The smallest absolute Gasteiger partial charge is 0.0234 e. The van der Waals surface area contributed by atoms with Gasteiger partial charge in [0.1, 0.15) is 0 Å². The monoisotopic (exact) mass is 280 g/mol. The van der Waals surface area contributed by atoms with Gasteiger partial charge in [-0.25, -0.2) is 0 Å². The molecule has 0 spiro atoms. The van der Waals surface area contributed by atoms with E-state index in [-0.39, 0.29) is 0 Å². The van der Waals surface area contributed by atoms with Crippen LogP contribution in [0, 0.1) is 0 Å². The summed E-state index contributed by atoms with van der Waals surface area (Å²) in [5.41, 5.74) is 4.00. The van der Waals surface area contributed by atoms with Crippen LogP contribution in [0.5, 0.6) is 0 Å². The van der Waals surface area contributed by atoms with Crippen molar-refractivity contribution in [1.82, 2.24) is 9.80 Å². The normalized spacial score (nSPS) is 20.6. The number of likely N-dealkylation sites (N-methyl/N-ethyl adjacent to an activating group) is 1. The van der Waals surface area contributed by atoms with E-state index < -0.39 is 0 Å². The molecule has 110 valence electrons. The van der Waals surface area contributed by atoms with E-state index >= 15 is 0 Å². The van der Waals surface area contributed by atoms with E-state index in [2.05, 4.69) is 78.4 Å². The lowest BCUT2D eigenvalue weighted by atomic mass is 10.0. The molecular weight excluding hydrogens is 256 g/mol. The molecule has 1 heterocycles. The van der Waals surface area contributed by atoms with Gasteiger partial charge in [0, 0.05) is 32.2 Å². The van der Waals surface area contributed by atoms with Gasteiger partial charge in [-0.05, 0) is 30.7 Å². The van der Waals surface area contributed by atoms with Crippen LogP contribution >= 0.6 is 0 Å². The summed E-state index contributed by atoms with van der Waals surface area (Å²) in [7, 11) is 2.22. The summed E-state index contributed by atoms with van der Waals surface area (Å²) < 4.78 is 0. The van der Waals surface area contributed by atoms with Crippen molar-refractivity contribution < 1.29 is 0 Å². The molecule has 1 aliphatic rings. The first-order chi connectivity index (χ1) is 10.2. The molecule has 2 nitrogen and oxygen atoms in total. The molecule has 0 amide bonds. The van der Waals surface area contributed by atoms with Crippen LogP contribution in [0.25, 0.3) is 11.1 Å². The maximum Gasteiger partial charge on any atom is 0.0234 e. The molecule has 1 saturated heterocycles. The maximum atomic E-state index is 2.56. The molecule has 2 aromatic carbocycles. The zero-order valence-electron chi connectivity index (χ0n) is 13.0. The highest BCUT2D eigenvalue weighted by molar-refractivity contribution is 5.63. The number of piperazine rings is 1. The number of nitrogens with zero attached hydrogens (tertiary/aromatic N) is 2. The molecule has 1 atom stereocenters. The van der Waals surface area contributed by atoms with Crippen LogP contribution in [0.4, 0.5) is 0 Å². The summed E-state index contributed by atoms with van der Waals surface area (Å²) in [6.45, 7) is 6.87. The van der Waals surface area contributed by atoms with Crippen LogP contribution in [0.15, 0.2) is 54.6 Å². The van der Waals surface area contributed by atoms with Crippen molar-refractivity contribution in [2.24, 2.45) is 0 Å². The third-order valence-electron chi connectivity index (χ3n) is 4.51. The lowest BCUT2D eigenvalue weighted by molar-refractivity contribution is 0.1000. The van der Waals surface area contributed by atoms with Crippen LogP contribution in [-0.4, -0.2) is 42.5 Å². The maximum absolute atomic E-state index is 2.56. The Kier molecular flexibility index (Phi) is 4.37. The fourth-order valence-corrected chi connectivity index (χ4v) is 2.96. The lowest BCUT2D eigenvalue weighted by Gasteiger charge is -2.37. The minimum Gasteiger partial charge on any atom is -0.301 e. The van der Waals surface area contributed by atoms with E-state index in [1.807, 2.05) is 0 Å². The Hall–Kier alpha value is -1.64. The third kappa shape index (κ3) is 3.52. The van der Waals surface area contributed by atoms with E-state index in [1.54, 1.807) is 0 Å². The SMILES string of the molecule is C[C@@H]1CN(Cc2ccc(-c3ccccc3)cc2)CCN1C. The molecule has 0 bridgehead atoms. The van der Waals surface area contributed by atoms with E-state index in [0.717, 1.165) is 13.1 Å². The van der Waals surface area contributed by atoms with Crippen molar-refractivity contribution in [1.29, 1.82) is 0 Å². The zero-order valence-corrected chi connectivity index (χ0v) is 13.0. The quantitative estimate of drug-likeness (QED) is 0.849. The fraction of sp³-hybridized carbons (Fsp3) is 0.368. The number of rotatable bonds is 3. The fourth-order valence-electron chi connectivity index (χ4n) is 2.96. The van der Waals surface area contributed by atoms with Gasteiger partial charge < -0.3 is 4.90 Å². The molecule has 1 aliphatic heterocycles. The zero-order chi connectivity index (χ0) is 14.7. The predicted octanol–water partition coefficient (Wildman–Crippen LogP) is 3.49. The van der Waals surface area contributed by atoms with E-state index in [1.165, 1.54) is 29.8 Å². The molecule has 21 heavy (non-hydrogen) atoms. The van der Waals surface area contributed by atoms with Gasteiger partial charge in [-0.1, -0.05) is 54.6 Å². The molecule has 3 rings (SSSR count). The highest BCUT2D eigenvalue weighted by Crippen LogP contribution is 2.20. The standard InChI is InChI=1S/C19H24N2/c1-16-14-21(13-12-20(16)2)15-17-8-10-19(11-9-17)18-6-4-3-5-7-18/h3-11,16H,12-15H2,1-2H3/t16-/m1/s1. The Morgan fingerprint density at radius 2 is 1.57 bits per heavy atom. The molecule has 2 aromatic rings. The van der Waals surface area contributed by atoms with Crippen LogP contribution in [0.1, 0.15) is 12.5 Å². The first kappa shape index (κ1) is 14.3. The first-order valence-electron chi connectivity index (χ1n) is 7.79. The highest BCUT2D eigenvalue weighted by Gasteiger charge is 2.20. The second kappa shape index (κ2) is 6.42. The summed E-state index contributed by atoms with van der Waals surface area (Å²) in [4.78, 5) is 5.00. The van der Waals surface area contributed by atoms with Crippen molar-refractivity contribution in [2.45, 2.75) is 19.5 Å². The summed E-state index contributed by atoms with van der Waals surface area (Å²) in [6, 6.07) is 20.2. The van der Waals surface area contributed by atoms with Gasteiger partial charge in [0.15, 0.2) is 0 Å². The molecule has 0 radical (unpaired) electrons. The summed E-state index contributed by atoms with van der Waals surface area (Å²) in [5.74, 6) is 0. The highest BCUT2D eigenvalue weighted by atomic mass is 15.3. The Bertz CT molecular complexity index is 562. The number of hydrogen-bond donors (Lipinski definition) is 0. The summed E-state index contributed by atoms with van der Waals surface area (Å²) in [5, 5.41) is 0. The van der Waals surface area contributed by atoms with Gasteiger partial charge in [-0.15, -0.1) is 0 Å². The van der Waals surface area contributed by atoms with Crippen LogP contribution < -0.4 is 0 Å². The van der Waals surface area contributed by atoms with Crippen LogP contribution in [0.3, 0.4) is 0 Å². The van der Waals surface area contributed by atoms with Gasteiger partial charge >= 0.3 is 0 Å². The van der Waals surface area contributed by atoms with Crippen LogP contribution in [-0.2, 0) is 6.54 Å². The van der Waals surface area contributed by atoms with Gasteiger partial charge in [0.05, 0.1) is 0 Å². The second-order valence-corrected chi connectivity index (χ2v) is 6.13. The van der Waals surface area contributed by atoms with Crippen molar-refractivity contribution in [3.05, 3.63) is 60.2 Å². The van der Waals surface area contributed by atoms with Crippen LogP contribution in [0.2, 0.25) is 0 Å². The number of benzene rings is 2. The lowest BCUT2D eigenvalue weighted by Crippen LogP contribution is -2.49.